The van der Waals surface area contributed by atoms with Crippen LogP contribution in [0.3, 0.4) is 0 Å². The van der Waals surface area contributed by atoms with Crippen molar-refractivity contribution in [3.63, 3.8) is 0 Å². The van der Waals surface area contributed by atoms with Gasteiger partial charge in [-0.05, 0) is 60.7 Å². The Kier molecular flexibility index (Phi) is 5.35. The Hall–Kier alpha value is -3.85. The van der Waals surface area contributed by atoms with Crippen LogP contribution in [-0.2, 0) is 6.42 Å². The molecule has 0 amide bonds. The highest BCUT2D eigenvalue weighted by molar-refractivity contribution is 5.99. The van der Waals surface area contributed by atoms with Crippen LogP contribution in [0.5, 0.6) is 11.5 Å². The first-order valence-corrected chi connectivity index (χ1v) is 9.98. The van der Waals surface area contributed by atoms with Gasteiger partial charge in [0.15, 0.2) is 17.3 Å². The summed E-state index contributed by atoms with van der Waals surface area (Å²) in [6.45, 7) is 1.94. The molecule has 0 aliphatic heterocycles. The number of nitriles is 1. The number of aromatic nitrogens is 1. The standard InChI is InChI=1S/C25H22N2O4/c1-15-5-4-6-19(9-15)27-21-11-17(16-7-8-23(30-2)24(13-16)31-3)12-22(28)20(21)10-18(14-26)25(27)29/h4-10,13,17H,11-12H2,1-3H3/t17-/m1/s1. The predicted molar refractivity (Wildman–Crippen MR) is 116 cm³/mol. The highest BCUT2D eigenvalue weighted by Gasteiger charge is 2.31. The molecule has 1 heterocycles. The first-order valence-electron chi connectivity index (χ1n) is 9.98. The third-order valence-corrected chi connectivity index (χ3v) is 5.73. The summed E-state index contributed by atoms with van der Waals surface area (Å²) in [6.07, 6.45) is 0.783. The molecule has 0 saturated carbocycles. The molecule has 6 heteroatoms. The van der Waals surface area contributed by atoms with Crippen molar-refractivity contribution in [2.24, 2.45) is 0 Å². The lowest BCUT2D eigenvalue weighted by Crippen LogP contribution is -2.31. The largest absolute Gasteiger partial charge is 0.493 e. The molecule has 0 unspecified atom stereocenters. The average Bonchev–Trinajstić information content (AvgIpc) is 2.78. The molecule has 4 rings (SSSR count). The number of benzene rings is 2. The number of carbonyl (C=O) groups excluding carboxylic acids is 1. The van der Waals surface area contributed by atoms with Gasteiger partial charge in [0.1, 0.15) is 11.6 Å². The van der Waals surface area contributed by atoms with Crippen molar-refractivity contribution in [3.8, 4) is 23.3 Å². The zero-order chi connectivity index (χ0) is 22.1. The molecule has 3 aromatic rings. The van der Waals surface area contributed by atoms with E-state index in [0.29, 0.717) is 41.3 Å². The van der Waals surface area contributed by atoms with E-state index in [1.807, 2.05) is 55.5 Å². The van der Waals surface area contributed by atoms with Gasteiger partial charge in [-0.25, -0.2) is 0 Å². The summed E-state index contributed by atoms with van der Waals surface area (Å²) in [5, 5.41) is 9.47. The second-order valence-corrected chi connectivity index (χ2v) is 7.65. The normalized spacial score (nSPS) is 15.2. The SMILES string of the molecule is COc1ccc([C@H]2CC(=O)c3cc(C#N)c(=O)n(-c4cccc(C)c4)c3C2)cc1OC. The van der Waals surface area contributed by atoms with Crippen LogP contribution in [0.15, 0.2) is 53.3 Å². The topological polar surface area (TPSA) is 81.3 Å². The van der Waals surface area contributed by atoms with Crippen molar-refractivity contribution < 1.29 is 14.3 Å². The third-order valence-electron chi connectivity index (χ3n) is 5.73. The van der Waals surface area contributed by atoms with E-state index in [1.165, 1.54) is 10.6 Å². The molecule has 31 heavy (non-hydrogen) atoms. The molecule has 0 spiro atoms. The Balaban J connectivity index is 1.89. The summed E-state index contributed by atoms with van der Waals surface area (Å²) in [6, 6.07) is 16.5. The molecule has 1 aromatic heterocycles. The fourth-order valence-electron chi connectivity index (χ4n) is 4.20. The zero-order valence-electron chi connectivity index (χ0n) is 17.6. The van der Waals surface area contributed by atoms with E-state index in [-0.39, 0.29) is 17.3 Å². The number of ketones is 1. The maximum absolute atomic E-state index is 13.1. The molecule has 0 saturated heterocycles. The lowest BCUT2D eigenvalue weighted by Gasteiger charge is -2.27. The summed E-state index contributed by atoms with van der Waals surface area (Å²) < 4.78 is 12.3. The van der Waals surface area contributed by atoms with Crippen LogP contribution in [0.25, 0.3) is 5.69 Å². The monoisotopic (exact) mass is 414 g/mol. The number of hydrogen-bond acceptors (Lipinski definition) is 5. The summed E-state index contributed by atoms with van der Waals surface area (Å²) in [5.41, 5.74) is 3.20. The Labute approximate surface area is 180 Å². The van der Waals surface area contributed by atoms with Gasteiger partial charge in [-0.15, -0.1) is 0 Å². The molecule has 0 radical (unpaired) electrons. The van der Waals surface area contributed by atoms with Gasteiger partial charge < -0.3 is 9.47 Å². The van der Waals surface area contributed by atoms with Crippen molar-refractivity contribution in [2.75, 3.05) is 14.2 Å². The van der Waals surface area contributed by atoms with Gasteiger partial charge in [0.25, 0.3) is 5.56 Å². The number of rotatable bonds is 4. The van der Waals surface area contributed by atoms with Crippen molar-refractivity contribution in [2.45, 2.75) is 25.7 Å². The first kappa shape index (κ1) is 20.4. The van der Waals surface area contributed by atoms with E-state index in [9.17, 15) is 14.9 Å². The number of aryl methyl sites for hydroxylation is 1. The minimum atomic E-state index is -0.410. The molecular weight excluding hydrogens is 392 g/mol. The van der Waals surface area contributed by atoms with Gasteiger partial charge >= 0.3 is 0 Å². The van der Waals surface area contributed by atoms with E-state index in [1.54, 1.807) is 14.2 Å². The van der Waals surface area contributed by atoms with E-state index >= 15 is 0 Å². The smallest absolute Gasteiger partial charge is 0.273 e. The summed E-state index contributed by atoms with van der Waals surface area (Å²) in [5.74, 6) is 1.00. The fourth-order valence-corrected chi connectivity index (χ4v) is 4.20. The highest BCUT2D eigenvalue weighted by Crippen LogP contribution is 2.37. The number of methoxy groups -OCH3 is 2. The van der Waals surface area contributed by atoms with Gasteiger partial charge in [0.2, 0.25) is 0 Å². The van der Waals surface area contributed by atoms with E-state index in [4.69, 9.17) is 9.47 Å². The van der Waals surface area contributed by atoms with E-state index < -0.39 is 5.56 Å². The summed E-state index contributed by atoms with van der Waals surface area (Å²) >= 11 is 0. The minimum absolute atomic E-state index is 0.0295. The average molecular weight is 414 g/mol. The number of fused-ring (bicyclic) bond motifs is 1. The molecule has 0 fully saturated rings. The van der Waals surface area contributed by atoms with Crippen LogP contribution < -0.4 is 15.0 Å². The maximum atomic E-state index is 13.1. The van der Waals surface area contributed by atoms with Crippen LogP contribution in [0.1, 0.15) is 45.1 Å². The molecule has 156 valence electrons. The van der Waals surface area contributed by atoms with Crippen molar-refractivity contribution in [3.05, 3.63) is 86.8 Å². The number of carbonyl (C=O) groups is 1. The third kappa shape index (κ3) is 3.59. The van der Waals surface area contributed by atoms with Gasteiger partial charge in [-0.1, -0.05) is 18.2 Å². The minimum Gasteiger partial charge on any atom is -0.493 e. The Morgan fingerprint density at radius 1 is 1.00 bits per heavy atom. The predicted octanol–water partition coefficient (Wildman–Crippen LogP) is 3.95. The van der Waals surface area contributed by atoms with Gasteiger partial charge in [-0.3, -0.25) is 14.2 Å². The van der Waals surface area contributed by atoms with Crippen molar-refractivity contribution >= 4 is 5.78 Å². The first-order chi connectivity index (χ1) is 15.0. The summed E-state index contributed by atoms with van der Waals surface area (Å²) in [4.78, 5) is 26.2. The van der Waals surface area contributed by atoms with E-state index in [0.717, 1.165) is 11.1 Å². The number of Topliss-reactive ketones (excluding diaryl/α,β-unsaturated/α-hetero) is 1. The van der Waals surface area contributed by atoms with Crippen LogP contribution in [-0.4, -0.2) is 24.6 Å². The van der Waals surface area contributed by atoms with Gasteiger partial charge in [-0.2, -0.15) is 5.26 Å². The van der Waals surface area contributed by atoms with Crippen LogP contribution >= 0.6 is 0 Å². The highest BCUT2D eigenvalue weighted by atomic mass is 16.5. The molecule has 0 bridgehead atoms. The van der Waals surface area contributed by atoms with Crippen LogP contribution in [0.4, 0.5) is 0 Å². The molecule has 2 aromatic carbocycles. The Morgan fingerprint density at radius 2 is 1.77 bits per heavy atom. The van der Waals surface area contributed by atoms with Crippen LogP contribution in [0.2, 0.25) is 0 Å². The Bertz CT molecular complexity index is 1280. The second kappa shape index (κ2) is 8.11. The molecule has 1 aliphatic rings. The second-order valence-electron chi connectivity index (χ2n) is 7.65. The number of ether oxygens (including phenoxy) is 2. The molecular formula is C25H22N2O4. The lowest BCUT2D eigenvalue weighted by atomic mass is 9.81. The number of nitrogens with zero attached hydrogens (tertiary/aromatic N) is 2. The molecule has 6 nitrogen and oxygen atoms in total. The molecule has 0 N–H and O–H groups in total. The summed E-state index contributed by atoms with van der Waals surface area (Å²) in [7, 11) is 3.15. The van der Waals surface area contributed by atoms with Crippen molar-refractivity contribution in [1.29, 1.82) is 5.26 Å². The lowest BCUT2D eigenvalue weighted by molar-refractivity contribution is 0.0962. The van der Waals surface area contributed by atoms with Gasteiger partial charge in [0, 0.05) is 23.4 Å². The van der Waals surface area contributed by atoms with E-state index in [2.05, 4.69) is 0 Å². The number of hydrogen-bond donors (Lipinski definition) is 0. The quantitative estimate of drug-likeness (QED) is 0.646. The molecule has 1 aliphatic carbocycles. The Morgan fingerprint density at radius 3 is 2.45 bits per heavy atom. The maximum Gasteiger partial charge on any atom is 0.273 e. The molecule has 1 atom stereocenters. The van der Waals surface area contributed by atoms with Crippen LogP contribution in [0, 0.1) is 18.3 Å². The number of pyridine rings is 1. The van der Waals surface area contributed by atoms with Gasteiger partial charge in [0.05, 0.1) is 14.2 Å². The fraction of sp³-hybridized carbons (Fsp3) is 0.240. The van der Waals surface area contributed by atoms with Crippen molar-refractivity contribution in [1.82, 2.24) is 4.57 Å². The zero-order valence-corrected chi connectivity index (χ0v) is 17.6.